The predicted octanol–water partition coefficient (Wildman–Crippen LogP) is 5.67. The van der Waals surface area contributed by atoms with Crippen LogP contribution >= 0.6 is 0 Å². The normalized spacial score (nSPS) is 15.0. The standard InChI is InChI=1S/C30H26N2O3/c1-20(2)17-22-19-23(18-21-11-9-10-16-26(21)22)27(33)32-28(34)30(31-29(32)35,24-12-5-3-6-13-24)25-14-7-4-8-15-25/h3-16,18-20H,17H2,1-2H3,(H,31,35). The highest BCUT2D eigenvalue weighted by Gasteiger charge is 2.56. The van der Waals surface area contributed by atoms with Crippen molar-refractivity contribution in [3.05, 3.63) is 119 Å². The number of amides is 4. The molecule has 1 fully saturated rings. The van der Waals surface area contributed by atoms with E-state index in [0.29, 0.717) is 22.6 Å². The van der Waals surface area contributed by atoms with Gasteiger partial charge in [0.1, 0.15) is 0 Å². The minimum absolute atomic E-state index is 0.319. The fourth-order valence-corrected chi connectivity index (χ4v) is 4.90. The molecule has 0 saturated carbocycles. The lowest BCUT2D eigenvalue weighted by molar-refractivity contribution is -0.128. The van der Waals surface area contributed by atoms with Gasteiger partial charge in [-0.3, -0.25) is 9.59 Å². The van der Waals surface area contributed by atoms with E-state index in [1.54, 1.807) is 30.3 Å². The number of imide groups is 3. The zero-order valence-corrected chi connectivity index (χ0v) is 19.7. The van der Waals surface area contributed by atoms with Gasteiger partial charge in [0, 0.05) is 5.56 Å². The molecule has 1 N–H and O–H groups in total. The second-order valence-electron chi connectivity index (χ2n) is 9.31. The van der Waals surface area contributed by atoms with Crippen LogP contribution in [0.5, 0.6) is 0 Å². The highest BCUT2D eigenvalue weighted by molar-refractivity contribution is 6.23. The van der Waals surface area contributed by atoms with Gasteiger partial charge in [0.2, 0.25) is 0 Å². The molecule has 1 aliphatic rings. The fourth-order valence-electron chi connectivity index (χ4n) is 4.90. The van der Waals surface area contributed by atoms with E-state index in [0.717, 1.165) is 27.7 Å². The third-order valence-corrected chi connectivity index (χ3v) is 6.46. The van der Waals surface area contributed by atoms with Crippen LogP contribution in [0, 0.1) is 5.92 Å². The Bertz CT molecular complexity index is 1390. The van der Waals surface area contributed by atoms with Crippen molar-refractivity contribution in [2.24, 2.45) is 5.92 Å². The average Bonchev–Trinajstić information content (AvgIpc) is 3.15. The summed E-state index contributed by atoms with van der Waals surface area (Å²) in [6.45, 7) is 4.24. The molecular weight excluding hydrogens is 436 g/mol. The first-order valence-electron chi connectivity index (χ1n) is 11.8. The lowest BCUT2D eigenvalue weighted by Crippen LogP contribution is -2.45. The van der Waals surface area contributed by atoms with Crippen molar-refractivity contribution in [2.45, 2.75) is 25.8 Å². The molecule has 0 bridgehead atoms. The van der Waals surface area contributed by atoms with Gasteiger partial charge in [-0.1, -0.05) is 98.8 Å². The van der Waals surface area contributed by atoms with Gasteiger partial charge in [0.05, 0.1) is 0 Å². The molecule has 0 aliphatic carbocycles. The maximum atomic E-state index is 14.0. The number of hydrogen-bond donors (Lipinski definition) is 1. The van der Waals surface area contributed by atoms with E-state index in [4.69, 9.17) is 0 Å². The van der Waals surface area contributed by atoms with Crippen LogP contribution in [0.4, 0.5) is 4.79 Å². The van der Waals surface area contributed by atoms with Crippen LogP contribution < -0.4 is 5.32 Å². The monoisotopic (exact) mass is 462 g/mol. The minimum Gasteiger partial charge on any atom is -0.315 e. The summed E-state index contributed by atoms with van der Waals surface area (Å²) in [5, 5.41) is 4.82. The Labute approximate surface area is 204 Å². The molecule has 0 spiro atoms. The van der Waals surface area contributed by atoms with Crippen LogP contribution in [0.1, 0.15) is 40.9 Å². The Kier molecular flexibility index (Phi) is 5.69. The lowest BCUT2D eigenvalue weighted by atomic mass is 9.82. The number of rotatable bonds is 5. The number of benzene rings is 4. The summed E-state index contributed by atoms with van der Waals surface area (Å²) in [5.74, 6) is -0.857. The number of nitrogens with one attached hydrogen (secondary N) is 1. The SMILES string of the molecule is CC(C)Cc1cc(C(=O)N2C(=O)NC(c3ccccc3)(c3ccccc3)C2=O)cc2ccccc12. The first kappa shape index (κ1) is 22.5. The molecule has 1 saturated heterocycles. The molecule has 4 amide bonds. The number of nitrogens with zero attached hydrogens (tertiary/aromatic N) is 1. The summed E-state index contributed by atoms with van der Waals surface area (Å²) < 4.78 is 0. The topological polar surface area (TPSA) is 66.5 Å². The molecule has 4 aromatic carbocycles. The van der Waals surface area contributed by atoms with Gasteiger partial charge < -0.3 is 5.32 Å². The van der Waals surface area contributed by atoms with E-state index in [-0.39, 0.29) is 0 Å². The van der Waals surface area contributed by atoms with Gasteiger partial charge in [0.15, 0.2) is 5.54 Å². The molecule has 174 valence electrons. The maximum Gasteiger partial charge on any atom is 0.332 e. The van der Waals surface area contributed by atoms with E-state index in [9.17, 15) is 14.4 Å². The summed E-state index contributed by atoms with van der Waals surface area (Å²) >= 11 is 0. The summed E-state index contributed by atoms with van der Waals surface area (Å²) in [6, 6.07) is 28.8. The zero-order valence-electron chi connectivity index (χ0n) is 19.7. The highest BCUT2D eigenvalue weighted by Crippen LogP contribution is 2.37. The van der Waals surface area contributed by atoms with Gasteiger partial charge in [-0.2, -0.15) is 4.90 Å². The third-order valence-electron chi connectivity index (χ3n) is 6.46. The molecule has 0 aromatic heterocycles. The van der Waals surface area contributed by atoms with Crippen LogP contribution in [0.3, 0.4) is 0 Å². The molecule has 5 rings (SSSR count). The van der Waals surface area contributed by atoms with Crippen molar-refractivity contribution in [3.8, 4) is 0 Å². The van der Waals surface area contributed by atoms with Crippen molar-refractivity contribution in [3.63, 3.8) is 0 Å². The molecule has 5 heteroatoms. The minimum atomic E-state index is -1.48. The Hall–Kier alpha value is -4.25. The van der Waals surface area contributed by atoms with Crippen molar-refractivity contribution in [2.75, 3.05) is 0 Å². The zero-order chi connectivity index (χ0) is 24.6. The molecule has 0 radical (unpaired) electrons. The third kappa shape index (κ3) is 3.79. The number of hydrogen-bond acceptors (Lipinski definition) is 3. The average molecular weight is 463 g/mol. The van der Waals surface area contributed by atoms with E-state index >= 15 is 0 Å². The Morgan fingerprint density at radius 1 is 0.829 bits per heavy atom. The largest absolute Gasteiger partial charge is 0.332 e. The Balaban J connectivity index is 1.62. The van der Waals surface area contributed by atoms with E-state index < -0.39 is 23.4 Å². The second kappa shape index (κ2) is 8.84. The van der Waals surface area contributed by atoms with Gasteiger partial charge in [-0.05, 0) is 51.9 Å². The van der Waals surface area contributed by atoms with Crippen LogP contribution in [-0.4, -0.2) is 22.7 Å². The highest BCUT2D eigenvalue weighted by atomic mass is 16.2. The van der Waals surface area contributed by atoms with Crippen molar-refractivity contribution < 1.29 is 14.4 Å². The number of carbonyl (C=O) groups is 3. The molecule has 5 nitrogen and oxygen atoms in total. The number of carbonyl (C=O) groups excluding carboxylic acids is 3. The molecule has 1 aliphatic heterocycles. The van der Waals surface area contributed by atoms with Crippen LogP contribution in [-0.2, 0) is 16.8 Å². The van der Waals surface area contributed by atoms with Crippen molar-refractivity contribution in [1.29, 1.82) is 0 Å². The van der Waals surface area contributed by atoms with E-state index in [1.807, 2.05) is 66.7 Å². The quantitative estimate of drug-likeness (QED) is 0.307. The molecule has 0 unspecified atom stereocenters. The molecule has 35 heavy (non-hydrogen) atoms. The fraction of sp³-hybridized carbons (Fsp3) is 0.167. The van der Waals surface area contributed by atoms with Gasteiger partial charge in [0.25, 0.3) is 11.8 Å². The predicted molar refractivity (Wildman–Crippen MR) is 136 cm³/mol. The number of fused-ring (bicyclic) bond motifs is 1. The first-order valence-corrected chi connectivity index (χ1v) is 11.8. The molecule has 1 heterocycles. The molecule has 0 atom stereocenters. The van der Waals surface area contributed by atoms with Crippen LogP contribution in [0.15, 0.2) is 97.1 Å². The molecular formula is C30H26N2O3. The maximum absolute atomic E-state index is 14.0. The van der Waals surface area contributed by atoms with E-state index in [1.165, 1.54) is 0 Å². The summed E-state index contributed by atoms with van der Waals surface area (Å²) in [4.78, 5) is 41.8. The summed E-state index contributed by atoms with van der Waals surface area (Å²) in [5.41, 5.74) is 1.05. The Morgan fingerprint density at radius 2 is 1.40 bits per heavy atom. The number of urea groups is 1. The van der Waals surface area contributed by atoms with E-state index in [2.05, 4.69) is 19.2 Å². The van der Waals surface area contributed by atoms with Crippen molar-refractivity contribution in [1.82, 2.24) is 10.2 Å². The van der Waals surface area contributed by atoms with Crippen LogP contribution in [0.2, 0.25) is 0 Å². The van der Waals surface area contributed by atoms with Crippen molar-refractivity contribution >= 4 is 28.6 Å². The van der Waals surface area contributed by atoms with Gasteiger partial charge >= 0.3 is 6.03 Å². The smallest absolute Gasteiger partial charge is 0.315 e. The van der Waals surface area contributed by atoms with Crippen LogP contribution in [0.25, 0.3) is 10.8 Å². The van der Waals surface area contributed by atoms with Gasteiger partial charge in [-0.25, -0.2) is 4.79 Å². The van der Waals surface area contributed by atoms with Gasteiger partial charge in [-0.15, -0.1) is 0 Å². The lowest BCUT2D eigenvalue weighted by Gasteiger charge is -2.27. The summed E-state index contributed by atoms with van der Waals surface area (Å²) in [6.07, 6.45) is 0.778. The first-order chi connectivity index (χ1) is 16.9. The summed E-state index contributed by atoms with van der Waals surface area (Å²) in [7, 11) is 0. The second-order valence-corrected chi connectivity index (χ2v) is 9.31. The Morgan fingerprint density at radius 3 is 2.00 bits per heavy atom. The molecule has 4 aromatic rings.